The molecule has 2 N–H and O–H groups in total. The Morgan fingerprint density at radius 2 is 2.50 bits per heavy atom. The minimum atomic E-state index is 0.272. The number of hydrogen-bond acceptors (Lipinski definition) is 3. The first kappa shape index (κ1) is 12.1. The number of ether oxygens (including phenoxy) is 1. The molecule has 0 aliphatic carbocycles. The molecule has 3 nitrogen and oxygen atoms in total. The molecule has 1 heterocycles. The van der Waals surface area contributed by atoms with E-state index >= 15 is 0 Å². The van der Waals surface area contributed by atoms with Crippen molar-refractivity contribution in [3.8, 4) is 0 Å². The molecular weight excluding hydrogens is 216 g/mol. The third-order valence-electron chi connectivity index (χ3n) is 2.06. The van der Waals surface area contributed by atoms with E-state index in [1.807, 2.05) is 11.8 Å². The van der Waals surface area contributed by atoms with E-state index in [2.05, 4.69) is 17.6 Å². The van der Waals surface area contributed by atoms with Crippen LogP contribution in [0.15, 0.2) is 0 Å². The molecule has 0 spiro atoms. The lowest BCUT2D eigenvalue weighted by Gasteiger charge is -2.19. The third-order valence-corrected chi connectivity index (χ3v) is 3.46. The molecule has 1 rings (SSSR count). The zero-order valence-corrected chi connectivity index (χ0v) is 10.3. The summed E-state index contributed by atoms with van der Waals surface area (Å²) in [6, 6.07) is 0.823. The van der Waals surface area contributed by atoms with Crippen molar-refractivity contribution in [3.63, 3.8) is 0 Å². The summed E-state index contributed by atoms with van der Waals surface area (Å²) in [5, 5.41) is 7.26. The van der Waals surface area contributed by atoms with E-state index in [0.717, 1.165) is 5.11 Å². The number of nitrogens with one attached hydrogen (secondary N) is 2. The summed E-state index contributed by atoms with van der Waals surface area (Å²) in [5.41, 5.74) is 0. The van der Waals surface area contributed by atoms with Gasteiger partial charge in [-0.1, -0.05) is 0 Å². The smallest absolute Gasteiger partial charge is 0.166 e. The van der Waals surface area contributed by atoms with Crippen molar-refractivity contribution in [2.75, 3.05) is 25.2 Å². The van der Waals surface area contributed by atoms with Crippen LogP contribution in [0.1, 0.15) is 13.3 Å². The molecule has 5 heteroatoms. The van der Waals surface area contributed by atoms with Crippen molar-refractivity contribution >= 4 is 29.1 Å². The number of thiocarbonyl (C=S) groups is 1. The highest BCUT2D eigenvalue weighted by Gasteiger charge is 2.16. The van der Waals surface area contributed by atoms with Gasteiger partial charge in [-0.15, -0.1) is 0 Å². The van der Waals surface area contributed by atoms with E-state index in [0.29, 0.717) is 12.6 Å². The fraction of sp³-hybridized carbons (Fsp3) is 0.889. The summed E-state index contributed by atoms with van der Waals surface area (Å²) < 4.78 is 5.02. The minimum absolute atomic E-state index is 0.272. The Hall–Kier alpha value is 0. The first-order valence-corrected chi connectivity index (χ1v) is 6.42. The van der Waals surface area contributed by atoms with Gasteiger partial charge in [0, 0.05) is 24.9 Å². The van der Waals surface area contributed by atoms with Gasteiger partial charge in [0.05, 0.1) is 6.61 Å². The van der Waals surface area contributed by atoms with Crippen molar-refractivity contribution in [1.29, 1.82) is 0 Å². The number of methoxy groups -OCH3 is 1. The summed E-state index contributed by atoms with van der Waals surface area (Å²) in [5.74, 6) is 2.41. The Bertz CT molecular complexity index is 184. The summed E-state index contributed by atoms with van der Waals surface area (Å²) in [6.07, 6.45) is 1.21. The number of hydrogen-bond donors (Lipinski definition) is 2. The third kappa shape index (κ3) is 4.48. The van der Waals surface area contributed by atoms with Crippen LogP contribution >= 0.6 is 24.0 Å². The van der Waals surface area contributed by atoms with Crippen LogP contribution in [0.2, 0.25) is 0 Å². The van der Waals surface area contributed by atoms with Gasteiger partial charge in [-0.05, 0) is 31.3 Å². The van der Waals surface area contributed by atoms with Crippen LogP contribution < -0.4 is 10.6 Å². The monoisotopic (exact) mass is 234 g/mol. The molecule has 0 saturated carbocycles. The van der Waals surface area contributed by atoms with Gasteiger partial charge in [-0.3, -0.25) is 0 Å². The van der Waals surface area contributed by atoms with E-state index in [1.54, 1.807) is 7.11 Å². The molecule has 82 valence electrons. The Morgan fingerprint density at radius 1 is 1.71 bits per heavy atom. The minimum Gasteiger partial charge on any atom is -0.383 e. The van der Waals surface area contributed by atoms with E-state index < -0.39 is 0 Å². The maximum Gasteiger partial charge on any atom is 0.166 e. The summed E-state index contributed by atoms with van der Waals surface area (Å²) >= 11 is 7.17. The zero-order valence-electron chi connectivity index (χ0n) is 8.71. The van der Waals surface area contributed by atoms with Crippen molar-refractivity contribution in [2.45, 2.75) is 25.4 Å². The van der Waals surface area contributed by atoms with Crippen molar-refractivity contribution < 1.29 is 4.74 Å². The van der Waals surface area contributed by atoms with Crippen LogP contribution in [0, 0.1) is 0 Å². The van der Waals surface area contributed by atoms with Gasteiger partial charge in [0.1, 0.15) is 0 Å². The quantitative estimate of drug-likeness (QED) is 0.709. The highest BCUT2D eigenvalue weighted by molar-refractivity contribution is 7.99. The maximum absolute atomic E-state index is 5.19. The topological polar surface area (TPSA) is 33.3 Å². The number of thioether (sulfide) groups is 1. The number of rotatable bonds is 4. The second kappa shape index (κ2) is 6.48. The van der Waals surface area contributed by atoms with Crippen LogP contribution in [-0.4, -0.2) is 42.4 Å². The molecule has 2 atom stereocenters. The lowest BCUT2D eigenvalue weighted by Crippen LogP contribution is -2.46. The van der Waals surface area contributed by atoms with Gasteiger partial charge in [0.15, 0.2) is 5.11 Å². The molecule has 1 saturated heterocycles. The first-order valence-electron chi connectivity index (χ1n) is 4.86. The highest BCUT2D eigenvalue weighted by atomic mass is 32.2. The summed E-state index contributed by atoms with van der Waals surface area (Å²) in [6.45, 7) is 2.74. The largest absolute Gasteiger partial charge is 0.383 e. The predicted molar refractivity (Wildman–Crippen MR) is 65.9 cm³/mol. The molecule has 2 unspecified atom stereocenters. The van der Waals surface area contributed by atoms with E-state index in [9.17, 15) is 0 Å². The lowest BCUT2D eigenvalue weighted by molar-refractivity contribution is 0.179. The molecule has 0 aromatic carbocycles. The molecule has 0 bridgehead atoms. The maximum atomic E-state index is 5.19. The van der Waals surface area contributed by atoms with Crippen LogP contribution in [0.3, 0.4) is 0 Å². The van der Waals surface area contributed by atoms with Crippen LogP contribution in [-0.2, 0) is 4.74 Å². The standard InChI is InChI=1S/C9H18N2OS2/c1-7(5-12-2)10-9(13)11-8-3-4-14-6-8/h7-8H,3-6H2,1-2H3,(H2,10,11,13). The SMILES string of the molecule is COCC(C)NC(=S)NC1CCSC1. The Morgan fingerprint density at radius 3 is 3.07 bits per heavy atom. The lowest BCUT2D eigenvalue weighted by atomic mass is 10.3. The van der Waals surface area contributed by atoms with Crippen LogP contribution in [0.5, 0.6) is 0 Å². The highest BCUT2D eigenvalue weighted by Crippen LogP contribution is 2.16. The molecule has 0 radical (unpaired) electrons. The van der Waals surface area contributed by atoms with E-state index in [-0.39, 0.29) is 6.04 Å². The molecular formula is C9H18N2OS2. The molecule has 0 aromatic rings. The van der Waals surface area contributed by atoms with Crippen molar-refractivity contribution in [1.82, 2.24) is 10.6 Å². The molecule has 1 aliphatic heterocycles. The van der Waals surface area contributed by atoms with Gasteiger partial charge < -0.3 is 15.4 Å². The normalized spacial score (nSPS) is 23.1. The molecule has 1 aliphatic rings. The summed E-state index contributed by atoms with van der Waals surface area (Å²) in [4.78, 5) is 0. The van der Waals surface area contributed by atoms with E-state index in [1.165, 1.54) is 17.9 Å². The average molecular weight is 234 g/mol. The average Bonchev–Trinajstić information content (AvgIpc) is 2.56. The fourth-order valence-corrected chi connectivity index (χ4v) is 2.91. The Labute approximate surface area is 95.3 Å². The molecule has 14 heavy (non-hydrogen) atoms. The van der Waals surface area contributed by atoms with Crippen molar-refractivity contribution in [3.05, 3.63) is 0 Å². The van der Waals surface area contributed by atoms with Crippen LogP contribution in [0.25, 0.3) is 0 Å². The summed E-state index contributed by atoms with van der Waals surface area (Å²) in [7, 11) is 1.70. The first-order chi connectivity index (χ1) is 6.72. The fourth-order valence-electron chi connectivity index (χ4n) is 1.39. The van der Waals surface area contributed by atoms with E-state index in [4.69, 9.17) is 17.0 Å². The molecule has 1 fully saturated rings. The van der Waals surface area contributed by atoms with Crippen molar-refractivity contribution in [2.24, 2.45) is 0 Å². The Balaban J connectivity index is 2.14. The van der Waals surface area contributed by atoms with Gasteiger partial charge in [0.2, 0.25) is 0 Å². The zero-order chi connectivity index (χ0) is 10.4. The Kier molecular flexibility index (Phi) is 5.59. The van der Waals surface area contributed by atoms with Gasteiger partial charge >= 0.3 is 0 Å². The van der Waals surface area contributed by atoms with Crippen LogP contribution in [0.4, 0.5) is 0 Å². The van der Waals surface area contributed by atoms with Gasteiger partial charge in [-0.25, -0.2) is 0 Å². The second-order valence-electron chi connectivity index (χ2n) is 3.53. The predicted octanol–water partition coefficient (Wildman–Crippen LogP) is 0.991. The molecule has 0 amide bonds. The molecule has 0 aromatic heterocycles. The van der Waals surface area contributed by atoms with Gasteiger partial charge in [-0.2, -0.15) is 11.8 Å². The second-order valence-corrected chi connectivity index (χ2v) is 5.09. The van der Waals surface area contributed by atoms with Gasteiger partial charge in [0.25, 0.3) is 0 Å².